The molecule has 18 heavy (non-hydrogen) atoms. The first-order valence-electron chi connectivity index (χ1n) is 5.42. The Labute approximate surface area is 106 Å². The van der Waals surface area contributed by atoms with E-state index in [1.54, 1.807) is 12.1 Å². The number of phenolic OH excluding ortho intramolecular Hbond substituents is 1. The van der Waals surface area contributed by atoms with Crippen molar-refractivity contribution in [3.8, 4) is 5.75 Å². The maximum atomic E-state index is 11.5. The minimum absolute atomic E-state index is 0.116. The molecule has 0 aliphatic rings. The lowest BCUT2D eigenvalue weighted by molar-refractivity contribution is -0.120. The third-order valence-electron chi connectivity index (χ3n) is 2.36. The monoisotopic (exact) mass is 272 g/mol. The minimum atomic E-state index is -3.58. The summed E-state index contributed by atoms with van der Waals surface area (Å²) in [6.07, 6.45) is 0.200. The molecular formula is C11H16N2O4S. The van der Waals surface area contributed by atoms with Crippen LogP contribution in [0.1, 0.15) is 12.5 Å². The highest BCUT2D eigenvalue weighted by Crippen LogP contribution is 2.10. The van der Waals surface area contributed by atoms with Crippen LogP contribution in [-0.2, 0) is 21.2 Å². The van der Waals surface area contributed by atoms with E-state index in [0.717, 1.165) is 5.56 Å². The van der Waals surface area contributed by atoms with E-state index < -0.39 is 22.0 Å². The van der Waals surface area contributed by atoms with E-state index in [0.29, 0.717) is 0 Å². The Morgan fingerprint density at radius 2 is 1.94 bits per heavy atom. The first-order valence-corrected chi connectivity index (χ1v) is 7.07. The highest BCUT2D eigenvalue weighted by atomic mass is 32.2. The highest BCUT2D eigenvalue weighted by molar-refractivity contribution is 7.90. The van der Waals surface area contributed by atoms with Crippen molar-refractivity contribution in [1.82, 2.24) is 4.72 Å². The van der Waals surface area contributed by atoms with E-state index >= 15 is 0 Å². The van der Waals surface area contributed by atoms with E-state index in [1.165, 1.54) is 19.1 Å². The maximum Gasteiger partial charge on any atom is 0.250 e. The number of nitrogens with one attached hydrogen (secondary N) is 1. The topological polar surface area (TPSA) is 109 Å². The third kappa shape index (κ3) is 4.34. The molecule has 0 saturated heterocycles. The summed E-state index contributed by atoms with van der Waals surface area (Å²) in [5.41, 5.74) is 6.35. The van der Waals surface area contributed by atoms with Gasteiger partial charge in [-0.2, -0.15) is 0 Å². The van der Waals surface area contributed by atoms with Gasteiger partial charge < -0.3 is 10.8 Å². The second kappa shape index (κ2) is 5.83. The van der Waals surface area contributed by atoms with Crippen molar-refractivity contribution in [2.24, 2.45) is 5.73 Å². The van der Waals surface area contributed by atoms with Gasteiger partial charge in [-0.25, -0.2) is 8.42 Å². The van der Waals surface area contributed by atoms with Crippen molar-refractivity contribution in [2.75, 3.05) is 5.75 Å². The Balaban J connectivity index is 2.63. The molecule has 1 rings (SSSR count). The quantitative estimate of drug-likeness (QED) is 0.683. The summed E-state index contributed by atoms with van der Waals surface area (Å²) < 4.78 is 24.3. The third-order valence-corrected chi connectivity index (χ3v) is 3.64. The summed E-state index contributed by atoms with van der Waals surface area (Å²) in [5, 5.41) is 9.09. The van der Waals surface area contributed by atoms with Crippen LogP contribution in [0.5, 0.6) is 5.75 Å². The van der Waals surface area contributed by atoms with Crippen molar-refractivity contribution in [2.45, 2.75) is 19.4 Å². The standard InChI is InChI=1S/C11H16N2O4S/c1-2-18(16,17)13-11(15)10(12)7-8-3-5-9(14)6-4-8/h3-6,10,14H,2,7,12H2,1H3,(H,13,15)/t10-/m1/s1. The molecule has 0 spiro atoms. The van der Waals surface area contributed by atoms with E-state index in [2.05, 4.69) is 0 Å². The van der Waals surface area contributed by atoms with Crippen molar-refractivity contribution in [3.63, 3.8) is 0 Å². The van der Waals surface area contributed by atoms with Gasteiger partial charge in [0.25, 0.3) is 5.91 Å². The molecule has 0 fully saturated rings. The predicted octanol–water partition coefficient (Wildman–Crippen LogP) is -0.272. The molecule has 0 aliphatic carbocycles. The van der Waals surface area contributed by atoms with Crippen LogP contribution >= 0.6 is 0 Å². The van der Waals surface area contributed by atoms with Gasteiger partial charge in [0.15, 0.2) is 0 Å². The second-order valence-corrected chi connectivity index (χ2v) is 5.86. The van der Waals surface area contributed by atoms with Gasteiger partial charge in [-0.15, -0.1) is 0 Å². The maximum absolute atomic E-state index is 11.5. The number of benzene rings is 1. The van der Waals surface area contributed by atoms with E-state index in [9.17, 15) is 13.2 Å². The number of phenols is 1. The zero-order valence-electron chi connectivity index (χ0n) is 9.96. The number of hydrogen-bond acceptors (Lipinski definition) is 5. The van der Waals surface area contributed by atoms with Crippen LogP contribution in [0.15, 0.2) is 24.3 Å². The molecule has 0 aliphatic heterocycles. The van der Waals surface area contributed by atoms with Crippen molar-refractivity contribution in [1.29, 1.82) is 0 Å². The summed E-state index contributed by atoms with van der Waals surface area (Å²) in [4.78, 5) is 11.5. The van der Waals surface area contributed by atoms with Gasteiger partial charge in [0.05, 0.1) is 11.8 Å². The first-order chi connectivity index (χ1) is 8.34. The number of rotatable bonds is 5. The van der Waals surface area contributed by atoms with Gasteiger partial charge >= 0.3 is 0 Å². The number of carbonyl (C=O) groups is 1. The molecule has 0 bridgehead atoms. The summed E-state index contributed by atoms with van der Waals surface area (Å²) >= 11 is 0. The molecule has 4 N–H and O–H groups in total. The molecule has 100 valence electrons. The van der Waals surface area contributed by atoms with Crippen LogP contribution in [0.25, 0.3) is 0 Å². The summed E-state index contributed by atoms with van der Waals surface area (Å²) in [5.74, 6) is -0.791. The largest absolute Gasteiger partial charge is 0.508 e. The van der Waals surface area contributed by atoms with Crippen LogP contribution in [-0.4, -0.2) is 31.2 Å². The molecule has 7 heteroatoms. The molecule has 0 radical (unpaired) electrons. The molecule has 1 aromatic rings. The van der Waals surface area contributed by atoms with E-state index in [4.69, 9.17) is 10.8 Å². The Hall–Kier alpha value is -1.60. The minimum Gasteiger partial charge on any atom is -0.508 e. The normalized spacial score (nSPS) is 13.0. The van der Waals surface area contributed by atoms with Gasteiger partial charge in [0.1, 0.15) is 5.75 Å². The number of carbonyl (C=O) groups excluding carboxylic acids is 1. The highest BCUT2D eigenvalue weighted by Gasteiger charge is 2.19. The van der Waals surface area contributed by atoms with E-state index in [1.807, 2.05) is 4.72 Å². The SMILES string of the molecule is CCS(=O)(=O)NC(=O)[C@H](N)Cc1ccc(O)cc1. The van der Waals surface area contributed by atoms with Crippen LogP contribution in [0, 0.1) is 0 Å². The van der Waals surface area contributed by atoms with Gasteiger partial charge in [-0.1, -0.05) is 12.1 Å². The number of sulfonamides is 1. The Kier molecular flexibility index (Phi) is 4.69. The molecule has 1 atom stereocenters. The fourth-order valence-electron chi connectivity index (χ4n) is 1.28. The van der Waals surface area contributed by atoms with Gasteiger partial charge in [-0.05, 0) is 31.0 Å². The molecule has 1 aromatic carbocycles. The second-order valence-electron chi connectivity index (χ2n) is 3.85. The zero-order chi connectivity index (χ0) is 13.8. The lowest BCUT2D eigenvalue weighted by atomic mass is 10.1. The summed E-state index contributed by atoms with van der Waals surface area (Å²) in [6.45, 7) is 1.43. The van der Waals surface area contributed by atoms with Crippen LogP contribution in [0.4, 0.5) is 0 Å². The van der Waals surface area contributed by atoms with Crippen LogP contribution < -0.4 is 10.5 Å². The van der Waals surface area contributed by atoms with Gasteiger partial charge in [-0.3, -0.25) is 9.52 Å². The fraction of sp³-hybridized carbons (Fsp3) is 0.364. The van der Waals surface area contributed by atoms with Gasteiger partial charge in [0, 0.05) is 0 Å². The molecule has 0 aromatic heterocycles. The van der Waals surface area contributed by atoms with Crippen LogP contribution in [0.2, 0.25) is 0 Å². The fourth-order valence-corrected chi connectivity index (χ4v) is 1.88. The van der Waals surface area contributed by atoms with Crippen molar-refractivity contribution >= 4 is 15.9 Å². The Morgan fingerprint density at radius 1 is 1.39 bits per heavy atom. The molecule has 0 saturated carbocycles. The average molecular weight is 272 g/mol. The van der Waals surface area contributed by atoms with Crippen molar-refractivity contribution < 1.29 is 18.3 Å². The zero-order valence-corrected chi connectivity index (χ0v) is 10.8. The lowest BCUT2D eigenvalue weighted by Crippen LogP contribution is -2.45. The number of nitrogens with two attached hydrogens (primary N) is 1. The number of aromatic hydroxyl groups is 1. The Morgan fingerprint density at radius 3 is 2.44 bits per heavy atom. The number of hydrogen-bond donors (Lipinski definition) is 3. The molecule has 0 unspecified atom stereocenters. The molecule has 0 heterocycles. The van der Waals surface area contributed by atoms with Crippen molar-refractivity contribution in [3.05, 3.63) is 29.8 Å². The average Bonchev–Trinajstić information content (AvgIpc) is 2.31. The van der Waals surface area contributed by atoms with Gasteiger partial charge in [0.2, 0.25) is 10.0 Å². The first kappa shape index (κ1) is 14.5. The Bertz CT molecular complexity index is 510. The molecule has 6 nitrogen and oxygen atoms in total. The van der Waals surface area contributed by atoms with Crippen LogP contribution in [0.3, 0.4) is 0 Å². The molecule has 1 amide bonds. The lowest BCUT2D eigenvalue weighted by Gasteiger charge is -2.12. The predicted molar refractivity (Wildman–Crippen MR) is 67.4 cm³/mol. The van der Waals surface area contributed by atoms with E-state index in [-0.39, 0.29) is 17.9 Å². The summed E-state index contributed by atoms with van der Waals surface area (Å²) in [6, 6.07) is 5.25. The molecular weight excluding hydrogens is 256 g/mol. The smallest absolute Gasteiger partial charge is 0.250 e. The summed E-state index contributed by atoms with van der Waals surface area (Å²) in [7, 11) is -3.58. The number of amides is 1.